The fourth-order valence-corrected chi connectivity index (χ4v) is 3.06. The van der Waals surface area contributed by atoms with Crippen molar-refractivity contribution in [1.82, 2.24) is 20.3 Å². The minimum atomic E-state index is 0.0503. The number of fused-ring (bicyclic) bond motifs is 1. The van der Waals surface area contributed by atoms with Crippen molar-refractivity contribution in [2.45, 2.75) is 19.8 Å². The summed E-state index contributed by atoms with van der Waals surface area (Å²) in [5, 5.41) is 13.3. The maximum atomic E-state index is 8.28. The van der Waals surface area contributed by atoms with Crippen LogP contribution >= 0.6 is 11.6 Å². The Hall–Kier alpha value is -2.73. The Morgan fingerprint density at radius 3 is 2.84 bits per heavy atom. The molecule has 0 spiro atoms. The van der Waals surface area contributed by atoms with Crippen LogP contribution in [0.3, 0.4) is 0 Å². The van der Waals surface area contributed by atoms with Gasteiger partial charge >= 0.3 is 0 Å². The first kappa shape index (κ1) is 15.8. The molecule has 0 atom stereocenters. The third-order valence-corrected chi connectivity index (χ3v) is 4.61. The standard InChI is InChI=1S/C18H17ClN6/c1-9(20)16-18(21)24-15-6-14(10-2-3-10)23-7-12(15)17(25-16)11-4-5-22-8-13(11)19/h4-8,10,21,23H,2-3,20H2,1H3/b16-9+,21-18?. The fraction of sp³-hybridized carbons (Fsp3) is 0.222. The van der Waals surface area contributed by atoms with Crippen molar-refractivity contribution >= 4 is 29.6 Å². The van der Waals surface area contributed by atoms with Crippen LogP contribution in [0.4, 0.5) is 0 Å². The molecule has 1 aliphatic heterocycles. The van der Waals surface area contributed by atoms with E-state index in [4.69, 9.17) is 22.7 Å². The van der Waals surface area contributed by atoms with Crippen LogP contribution in [0.25, 0.3) is 29.2 Å². The van der Waals surface area contributed by atoms with Crippen molar-refractivity contribution in [3.05, 3.63) is 50.9 Å². The van der Waals surface area contributed by atoms with Gasteiger partial charge in [-0.3, -0.25) is 10.4 Å². The highest BCUT2D eigenvalue weighted by atomic mass is 35.5. The van der Waals surface area contributed by atoms with Crippen molar-refractivity contribution in [2.24, 2.45) is 11.7 Å². The van der Waals surface area contributed by atoms with Crippen molar-refractivity contribution in [3.8, 4) is 11.3 Å². The molecule has 1 fully saturated rings. The van der Waals surface area contributed by atoms with Crippen LogP contribution < -0.4 is 27.1 Å². The molecule has 0 unspecified atom stereocenters. The zero-order valence-electron chi connectivity index (χ0n) is 13.7. The lowest BCUT2D eigenvalue weighted by Crippen LogP contribution is -2.32. The molecule has 0 radical (unpaired) electrons. The van der Waals surface area contributed by atoms with Crippen molar-refractivity contribution < 1.29 is 0 Å². The highest BCUT2D eigenvalue weighted by Crippen LogP contribution is 2.36. The maximum absolute atomic E-state index is 8.28. The first-order valence-electron chi connectivity index (χ1n) is 8.06. The second-order valence-corrected chi connectivity index (χ2v) is 6.68. The second-order valence-electron chi connectivity index (χ2n) is 6.27. The number of aromatic nitrogens is 3. The lowest BCUT2D eigenvalue weighted by Gasteiger charge is -2.12. The summed E-state index contributed by atoms with van der Waals surface area (Å²) in [5.41, 5.74) is 9.63. The summed E-state index contributed by atoms with van der Waals surface area (Å²) in [6, 6.07) is 1.80. The van der Waals surface area contributed by atoms with E-state index >= 15 is 0 Å². The van der Waals surface area contributed by atoms with Gasteiger partial charge in [0, 0.05) is 40.8 Å². The molecule has 1 saturated carbocycles. The van der Waals surface area contributed by atoms with Crippen LogP contribution in [-0.2, 0) is 0 Å². The van der Waals surface area contributed by atoms with Gasteiger partial charge in [0.05, 0.1) is 16.4 Å². The zero-order valence-corrected chi connectivity index (χ0v) is 14.4. The minimum Gasteiger partial charge on any atom is -0.400 e. The van der Waals surface area contributed by atoms with Crippen molar-refractivity contribution in [2.75, 3.05) is 0 Å². The molecule has 2 aromatic heterocycles. The Balaban J connectivity index is 2.11. The van der Waals surface area contributed by atoms with E-state index in [1.54, 1.807) is 25.4 Å². The minimum absolute atomic E-state index is 0.0503. The summed E-state index contributed by atoms with van der Waals surface area (Å²) in [6.07, 6.45) is 9.49. The number of allylic oxidation sites excluding steroid dienone is 1. The Kier molecular flexibility index (Phi) is 3.77. The van der Waals surface area contributed by atoms with E-state index in [-0.39, 0.29) is 5.49 Å². The molecule has 7 heteroatoms. The zero-order chi connectivity index (χ0) is 17.6. The SMILES string of the molecule is C/C(N)=c1\nc(-c2ccncc2Cl)c2c(nc1=N)C=C(C1CC1)NC=2. The van der Waals surface area contributed by atoms with Gasteiger partial charge < -0.3 is 11.1 Å². The predicted octanol–water partition coefficient (Wildman–Crippen LogP) is 0.850. The predicted molar refractivity (Wildman–Crippen MR) is 96.9 cm³/mol. The number of rotatable bonds is 2. The highest BCUT2D eigenvalue weighted by molar-refractivity contribution is 6.33. The van der Waals surface area contributed by atoms with Gasteiger partial charge in [0.25, 0.3) is 0 Å². The molecule has 4 rings (SSSR count). The summed E-state index contributed by atoms with van der Waals surface area (Å²) in [6.45, 7) is 1.71. The molecule has 0 aromatic carbocycles. The Morgan fingerprint density at radius 1 is 1.36 bits per heavy atom. The summed E-state index contributed by atoms with van der Waals surface area (Å²) in [4.78, 5) is 13.1. The fourth-order valence-electron chi connectivity index (χ4n) is 2.85. The molecular formula is C18H17ClN6. The van der Waals surface area contributed by atoms with Crippen LogP contribution in [0.1, 0.15) is 25.5 Å². The molecule has 3 heterocycles. The Labute approximate surface area is 149 Å². The number of nitrogens with one attached hydrogen (secondary N) is 2. The lowest BCUT2D eigenvalue weighted by molar-refractivity contribution is 0.907. The molecule has 6 nitrogen and oxygen atoms in total. The summed E-state index contributed by atoms with van der Waals surface area (Å²) >= 11 is 6.35. The van der Waals surface area contributed by atoms with E-state index in [2.05, 4.69) is 20.3 Å². The monoisotopic (exact) mass is 352 g/mol. The summed E-state index contributed by atoms with van der Waals surface area (Å²) < 4.78 is 0. The first-order chi connectivity index (χ1) is 12.0. The quantitative estimate of drug-likeness (QED) is 0.744. The van der Waals surface area contributed by atoms with E-state index in [9.17, 15) is 0 Å². The van der Waals surface area contributed by atoms with E-state index < -0.39 is 0 Å². The first-order valence-corrected chi connectivity index (χ1v) is 8.44. The molecule has 1 aliphatic carbocycles. The van der Waals surface area contributed by atoms with Crippen LogP contribution in [-0.4, -0.2) is 15.0 Å². The summed E-state index contributed by atoms with van der Waals surface area (Å²) in [7, 11) is 0. The number of nitrogens with two attached hydrogens (primary N) is 1. The average molecular weight is 353 g/mol. The van der Waals surface area contributed by atoms with Gasteiger partial charge in [-0.2, -0.15) is 0 Å². The number of pyridine rings is 1. The molecule has 25 heavy (non-hydrogen) atoms. The molecule has 2 aromatic rings. The molecule has 0 bridgehead atoms. The summed E-state index contributed by atoms with van der Waals surface area (Å²) in [5.74, 6) is 0.550. The van der Waals surface area contributed by atoms with Crippen LogP contribution in [0.15, 0.2) is 24.2 Å². The van der Waals surface area contributed by atoms with Crippen LogP contribution in [0.5, 0.6) is 0 Å². The van der Waals surface area contributed by atoms with Gasteiger partial charge in [0.15, 0.2) is 5.49 Å². The van der Waals surface area contributed by atoms with E-state index in [1.165, 1.54) is 12.8 Å². The van der Waals surface area contributed by atoms with Crippen LogP contribution in [0, 0.1) is 11.3 Å². The molecule has 126 valence electrons. The van der Waals surface area contributed by atoms with Gasteiger partial charge in [-0.15, -0.1) is 0 Å². The maximum Gasteiger partial charge on any atom is 0.173 e. The smallest absolute Gasteiger partial charge is 0.173 e. The second kappa shape index (κ2) is 5.97. The molecule has 0 saturated heterocycles. The third kappa shape index (κ3) is 2.89. The Morgan fingerprint density at radius 2 is 2.16 bits per heavy atom. The van der Waals surface area contributed by atoms with Crippen LogP contribution in [0.2, 0.25) is 5.02 Å². The number of halogens is 1. The lowest BCUT2D eigenvalue weighted by atomic mass is 10.1. The molecule has 0 amide bonds. The van der Waals surface area contributed by atoms with Gasteiger partial charge in [-0.25, -0.2) is 9.97 Å². The third-order valence-electron chi connectivity index (χ3n) is 4.30. The van der Waals surface area contributed by atoms with Gasteiger partial charge in [0.2, 0.25) is 0 Å². The average Bonchev–Trinajstić information content (AvgIpc) is 3.41. The van der Waals surface area contributed by atoms with E-state index in [0.29, 0.717) is 33.4 Å². The Bertz CT molecular complexity index is 1080. The van der Waals surface area contributed by atoms with Crippen molar-refractivity contribution in [3.63, 3.8) is 0 Å². The molecular weight excluding hydrogens is 336 g/mol. The van der Waals surface area contributed by atoms with Gasteiger partial charge in [-0.1, -0.05) is 11.6 Å². The largest absolute Gasteiger partial charge is 0.400 e. The highest BCUT2D eigenvalue weighted by Gasteiger charge is 2.27. The number of hydrogen-bond donors (Lipinski definition) is 3. The van der Waals surface area contributed by atoms with Gasteiger partial charge in [-0.05, 0) is 37.8 Å². The molecule has 4 N–H and O–H groups in total. The van der Waals surface area contributed by atoms with Gasteiger partial charge in [0.1, 0.15) is 5.35 Å². The van der Waals surface area contributed by atoms with E-state index in [0.717, 1.165) is 16.5 Å². The number of hydrogen-bond acceptors (Lipinski definition) is 6. The topological polar surface area (TPSA) is 101 Å². The normalized spacial score (nSPS) is 17.0. The molecule has 2 aliphatic rings. The van der Waals surface area contributed by atoms with E-state index in [1.807, 2.05) is 12.3 Å². The number of nitrogens with zero attached hydrogens (tertiary/aromatic N) is 3. The van der Waals surface area contributed by atoms with Crippen molar-refractivity contribution in [1.29, 1.82) is 5.41 Å².